The van der Waals surface area contributed by atoms with Gasteiger partial charge in [0.1, 0.15) is 11.3 Å². The molecule has 0 fully saturated rings. The van der Waals surface area contributed by atoms with Crippen LogP contribution in [0.25, 0.3) is 22.4 Å². The first kappa shape index (κ1) is 15.6. The van der Waals surface area contributed by atoms with E-state index in [-0.39, 0.29) is 23.0 Å². The number of carbonyl (C=O) groups is 1. The first-order valence-electron chi connectivity index (χ1n) is 6.61. The monoisotopic (exact) mass is 345 g/mol. The van der Waals surface area contributed by atoms with Crippen molar-refractivity contribution in [1.29, 1.82) is 0 Å². The summed E-state index contributed by atoms with van der Waals surface area (Å²) >= 11 is 5.95. The number of nitrogens with two attached hydrogens (primary N) is 4. The van der Waals surface area contributed by atoms with E-state index in [4.69, 9.17) is 39.0 Å². The van der Waals surface area contributed by atoms with E-state index >= 15 is 0 Å². The molecule has 0 bridgehead atoms. The summed E-state index contributed by atoms with van der Waals surface area (Å²) in [7, 11) is 0. The van der Waals surface area contributed by atoms with Crippen LogP contribution in [0, 0.1) is 0 Å². The summed E-state index contributed by atoms with van der Waals surface area (Å²) in [5.74, 6) is -1.14. The predicted octanol–water partition coefficient (Wildman–Crippen LogP) is 1.12. The molecule has 0 aliphatic heterocycles. The fraction of sp³-hybridized carbons (Fsp3) is 0. The molecule has 2 aromatic heterocycles. The molecule has 3 rings (SSSR count). The number of hydrogen-bond donors (Lipinski definition) is 4. The largest absolute Gasteiger partial charge is 0.454 e. The van der Waals surface area contributed by atoms with E-state index in [1.54, 1.807) is 24.3 Å². The molecule has 8 N–H and O–H groups in total. The lowest BCUT2D eigenvalue weighted by Crippen LogP contribution is -2.25. The van der Waals surface area contributed by atoms with Crippen LogP contribution in [0.3, 0.4) is 0 Å². The number of benzene rings is 1. The summed E-state index contributed by atoms with van der Waals surface area (Å²) in [5.41, 5.74) is 22.4. The highest BCUT2D eigenvalue weighted by atomic mass is 35.5. The molecule has 24 heavy (non-hydrogen) atoms. The lowest BCUT2D eigenvalue weighted by atomic mass is 10.2. The van der Waals surface area contributed by atoms with Crippen LogP contribution in [0.5, 0.6) is 0 Å². The molecule has 0 saturated carbocycles. The standard InChI is InChI=1S/C14H12ClN7O2/c15-6-1-2-7-5(3-6)4-8(24-7)9-11(16)21-12(17)10(20-9)13(23)22-14(18)19/h1-4H,(H4,16,17,21)(H4,18,19,22,23). The fourth-order valence-electron chi connectivity index (χ4n) is 2.10. The molecule has 1 aromatic carbocycles. The Labute approximate surface area is 140 Å². The molecule has 0 atom stereocenters. The van der Waals surface area contributed by atoms with Crippen LogP contribution in [0.1, 0.15) is 10.5 Å². The van der Waals surface area contributed by atoms with E-state index in [1.807, 2.05) is 0 Å². The molecule has 122 valence electrons. The second-order valence-electron chi connectivity index (χ2n) is 4.83. The summed E-state index contributed by atoms with van der Waals surface area (Å²) in [5, 5.41) is 1.29. The van der Waals surface area contributed by atoms with Crippen molar-refractivity contribution in [2.45, 2.75) is 0 Å². The molecular formula is C14H12ClN7O2. The van der Waals surface area contributed by atoms with Crippen LogP contribution in [0.4, 0.5) is 11.6 Å². The van der Waals surface area contributed by atoms with Gasteiger partial charge >= 0.3 is 5.91 Å². The number of nitrogen functional groups attached to an aromatic ring is 2. The van der Waals surface area contributed by atoms with Crippen LogP contribution in [-0.2, 0) is 0 Å². The number of anilines is 2. The van der Waals surface area contributed by atoms with Crippen LogP contribution in [0.2, 0.25) is 5.02 Å². The van der Waals surface area contributed by atoms with Crippen LogP contribution < -0.4 is 22.9 Å². The zero-order chi connectivity index (χ0) is 17.4. The van der Waals surface area contributed by atoms with E-state index in [0.717, 1.165) is 5.39 Å². The van der Waals surface area contributed by atoms with Crippen molar-refractivity contribution < 1.29 is 9.21 Å². The van der Waals surface area contributed by atoms with Gasteiger partial charge in [-0.2, -0.15) is 4.99 Å². The minimum absolute atomic E-state index is 0.00102. The van der Waals surface area contributed by atoms with E-state index in [0.29, 0.717) is 16.4 Å². The number of guanidine groups is 1. The number of nitrogens with zero attached hydrogens (tertiary/aromatic N) is 3. The maximum atomic E-state index is 12.0. The Morgan fingerprint density at radius 1 is 1.12 bits per heavy atom. The third-order valence-electron chi connectivity index (χ3n) is 3.09. The van der Waals surface area contributed by atoms with Gasteiger partial charge in [0.05, 0.1) is 0 Å². The molecule has 10 heteroatoms. The molecule has 3 aromatic rings. The third kappa shape index (κ3) is 2.79. The summed E-state index contributed by atoms with van der Waals surface area (Å²) in [4.78, 5) is 23.4. The van der Waals surface area contributed by atoms with Gasteiger partial charge in [0.2, 0.25) is 0 Å². The lowest BCUT2D eigenvalue weighted by molar-refractivity contribution is 0.0999. The molecule has 0 saturated heterocycles. The summed E-state index contributed by atoms with van der Waals surface area (Å²) < 4.78 is 5.67. The Balaban J connectivity index is 2.15. The topological polar surface area (TPSA) is 172 Å². The van der Waals surface area contributed by atoms with Gasteiger partial charge in [0.25, 0.3) is 0 Å². The minimum atomic E-state index is -0.833. The molecule has 0 radical (unpaired) electrons. The third-order valence-corrected chi connectivity index (χ3v) is 3.33. The lowest BCUT2D eigenvalue weighted by Gasteiger charge is -2.05. The number of halogens is 1. The number of aliphatic imine (C=N–C) groups is 1. The van der Waals surface area contributed by atoms with Gasteiger partial charge in [-0.25, -0.2) is 9.97 Å². The number of amides is 1. The molecule has 1 amide bonds. The zero-order valence-electron chi connectivity index (χ0n) is 12.2. The summed E-state index contributed by atoms with van der Waals surface area (Å²) in [6, 6.07) is 6.78. The molecular weight excluding hydrogens is 334 g/mol. The van der Waals surface area contributed by atoms with Gasteiger partial charge < -0.3 is 27.4 Å². The Kier molecular flexibility index (Phi) is 3.70. The van der Waals surface area contributed by atoms with Crippen molar-refractivity contribution >= 4 is 46.1 Å². The van der Waals surface area contributed by atoms with Crippen molar-refractivity contribution in [3.8, 4) is 11.5 Å². The molecule has 0 aliphatic carbocycles. The van der Waals surface area contributed by atoms with Crippen molar-refractivity contribution in [3.63, 3.8) is 0 Å². The van der Waals surface area contributed by atoms with Gasteiger partial charge in [-0.1, -0.05) is 11.6 Å². The van der Waals surface area contributed by atoms with E-state index in [9.17, 15) is 4.79 Å². The Morgan fingerprint density at radius 3 is 2.58 bits per heavy atom. The maximum absolute atomic E-state index is 12.0. The van der Waals surface area contributed by atoms with Gasteiger partial charge in [0.15, 0.2) is 29.0 Å². The average molecular weight is 346 g/mol. The number of rotatable bonds is 2. The van der Waals surface area contributed by atoms with Gasteiger partial charge in [-0.15, -0.1) is 0 Å². The van der Waals surface area contributed by atoms with E-state index in [1.165, 1.54) is 0 Å². The van der Waals surface area contributed by atoms with E-state index < -0.39 is 11.9 Å². The number of carbonyl (C=O) groups excluding carboxylic acids is 1. The highest BCUT2D eigenvalue weighted by molar-refractivity contribution is 6.31. The van der Waals surface area contributed by atoms with Crippen LogP contribution in [-0.4, -0.2) is 21.8 Å². The highest BCUT2D eigenvalue weighted by Crippen LogP contribution is 2.31. The van der Waals surface area contributed by atoms with Gasteiger partial charge in [-0.3, -0.25) is 4.79 Å². The van der Waals surface area contributed by atoms with Crippen molar-refractivity contribution in [3.05, 3.63) is 35.0 Å². The van der Waals surface area contributed by atoms with Crippen molar-refractivity contribution in [2.75, 3.05) is 11.5 Å². The number of hydrogen-bond acceptors (Lipinski definition) is 6. The number of fused-ring (bicyclic) bond motifs is 1. The Morgan fingerprint density at radius 2 is 1.88 bits per heavy atom. The summed E-state index contributed by atoms with van der Waals surface area (Å²) in [6.07, 6.45) is 0. The average Bonchev–Trinajstić information content (AvgIpc) is 2.88. The minimum Gasteiger partial charge on any atom is -0.454 e. The van der Waals surface area contributed by atoms with Gasteiger partial charge in [0, 0.05) is 10.4 Å². The quantitative estimate of drug-likeness (QED) is 0.395. The summed E-state index contributed by atoms with van der Waals surface area (Å²) in [6.45, 7) is 0. The molecule has 2 heterocycles. The zero-order valence-corrected chi connectivity index (χ0v) is 12.9. The molecule has 0 unspecified atom stereocenters. The Bertz CT molecular complexity index is 992. The normalized spacial score (nSPS) is 10.7. The van der Waals surface area contributed by atoms with Gasteiger partial charge in [-0.05, 0) is 24.3 Å². The molecule has 9 nitrogen and oxygen atoms in total. The number of furan rings is 1. The second-order valence-corrected chi connectivity index (χ2v) is 5.26. The maximum Gasteiger partial charge on any atom is 0.302 e. The fourth-order valence-corrected chi connectivity index (χ4v) is 2.28. The molecule has 0 aliphatic rings. The van der Waals surface area contributed by atoms with Crippen molar-refractivity contribution in [1.82, 2.24) is 9.97 Å². The smallest absolute Gasteiger partial charge is 0.302 e. The molecule has 0 spiro atoms. The SMILES string of the molecule is NC(N)=NC(=O)c1nc(-c2cc3cc(Cl)ccc3o2)c(N)nc1N. The van der Waals surface area contributed by atoms with Crippen molar-refractivity contribution in [2.24, 2.45) is 16.5 Å². The number of aromatic nitrogens is 2. The van der Waals surface area contributed by atoms with Crippen LogP contribution in [0.15, 0.2) is 33.7 Å². The highest BCUT2D eigenvalue weighted by Gasteiger charge is 2.19. The van der Waals surface area contributed by atoms with Crippen LogP contribution >= 0.6 is 11.6 Å². The van der Waals surface area contributed by atoms with E-state index in [2.05, 4.69) is 15.0 Å². The Hall–Kier alpha value is -3.33. The second kappa shape index (κ2) is 5.70. The first-order valence-corrected chi connectivity index (χ1v) is 6.99. The first-order chi connectivity index (χ1) is 11.3. The predicted molar refractivity (Wildman–Crippen MR) is 91.2 cm³/mol.